The maximum absolute atomic E-state index is 12.6. The maximum Gasteiger partial charge on any atom is 0.511 e. The number of carbonyl (C=O) groups is 1. The van der Waals surface area contributed by atoms with Crippen molar-refractivity contribution in [3.8, 4) is 11.8 Å². The van der Waals surface area contributed by atoms with Crippen LogP contribution in [0.1, 0.15) is 30.1 Å². The lowest BCUT2D eigenvalue weighted by Crippen LogP contribution is -2.43. The van der Waals surface area contributed by atoms with Crippen LogP contribution in [-0.4, -0.2) is 55.0 Å². The SMILES string of the molecule is C[C@@H](COc1cnc(Cl)c(C(=O)N(C)C2(C#N)CC2)c1)NS(=O)(=O)C(F)(F)F. The lowest BCUT2D eigenvalue weighted by atomic mass is 10.2. The fourth-order valence-electron chi connectivity index (χ4n) is 2.26. The molecule has 8 nitrogen and oxygen atoms in total. The van der Waals surface area contributed by atoms with E-state index in [1.54, 1.807) is 0 Å². The number of ether oxygens (including phenoxy) is 1. The normalized spacial score (nSPS) is 16.8. The molecule has 1 aliphatic rings. The highest BCUT2D eigenvalue weighted by Gasteiger charge is 2.49. The average Bonchev–Trinajstić information content (AvgIpc) is 3.39. The summed E-state index contributed by atoms with van der Waals surface area (Å²) >= 11 is 5.94. The molecule has 1 aromatic heterocycles. The van der Waals surface area contributed by atoms with Gasteiger partial charge in [-0.05, 0) is 25.8 Å². The van der Waals surface area contributed by atoms with Crippen LogP contribution in [0.5, 0.6) is 5.75 Å². The molecule has 2 rings (SSSR count). The fraction of sp³-hybridized carbons (Fsp3) is 0.533. The largest absolute Gasteiger partial charge is 0.511 e. The average molecular weight is 441 g/mol. The van der Waals surface area contributed by atoms with Crippen molar-refractivity contribution in [2.75, 3.05) is 13.7 Å². The van der Waals surface area contributed by atoms with Crippen LogP contribution in [-0.2, 0) is 10.0 Å². The van der Waals surface area contributed by atoms with Crippen molar-refractivity contribution < 1.29 is 31.1 Å². The van der Waals surface area contributed by atoms with Gasteiger partial charge in [0.1, 0.15) is 23.0 Å². The molecule has 0 saturated heterocycles. The topological polar surface area (TPSA) is 112 Å². The lowest BCUT2D eigenvalue weighted by molar-refractivity contribution is -0.0451. The van der Waals surface area contributed by atoms with Crippen molar-refractivity contribution in [1.29, 1.82) is 5.26 Å². The molecule has 13 heteroatoms. The van der Waals surface area contributed by atoms with E-state index in [1.165, 1.54) is 29.7 Å². The summed E-state index contributed by atoms with van der Waals surface area (Å²) in [5.74, 6) is -0.561. The van der Waals surface area contributed by atoms with Crippen molar-refractivity contribution in [2.24, 2.45) is 0 Å². The highest BCUT2D eigenvalue weighted by Crippen LogP contribution is 2.41. The Kier molecular flexibility index (Phi) is 6.13. The molecule has 0 radical (unpaired) electrons. The third kappa shape index (κ3) is 4.65. The van der Waals surface area contributed by atoms with Crippen LogP contribution in [0.15, 0.2) is 12.3 Å². The molecular weight excluding hydrogens is 425 g/mol. The van der Waals surface area contributed by atoms with Crippen molar-refractivity contribution in [1.82, 2.24) is 14.6 Å². The molecule has 154 valence electrons. The van der Waals surface area contributed by atoms with Crippen LogP contribution in [0.3, 0.4) is 0 Å². The van der Waals surface area contributed by atoms with Crippen molar-refractivity contribution in [2.45, 2.75) is 36.9 Å². The lowest BCUT2D eigenvalue weighted by Gasteiger charge is -2.22. The van der Waals surface area contributed by atoms with E-state index in [1.807, 2.05) is 0 Å². The maximum atomic E-state index is 12.6. The molecule has 0 bridgehead atoms. The summed E-state index contributed by atoms with van der Waals surface area (Å²) in [5, 5.41) is 9.05. The number of nitriles is 1. The van der Waals surface area contributed by atoms with E-state index in [0.717, 1.165) is 6.20 Å². The third-order valence-electron chi connectivity index (χ3n) is 4.08. The molecule has 1 aliphatic carbocycles. The molecule has 1 saturated carbocycles. The second-order valence-electron chi connectivity index (χ2n) is 6.30. The van der Waals surface area contributed by atoms with Gasteiger partial charge in [-0.2, -0.15) is 18.4 Å². The van der Waals surface area contributed by atoms with E-state index in [0.29, 0.717) is 12.8 Å². The summed E-state index contributed by atoms with van der Waals surface area (Å²) in [5.41, 5.74) is -6.37. The van der Waals surface area contributed by atoms with Crippen molar-refractivity contribution in [3.63, 3.8) is 0 Å². The van der Waals surface area contributed by atoms with Gasteiger partial charge < -0.3 is 9.64 Å². The van der Waals surface area contributed by atoms with Gasteiger partial charge in [0.25, 0.3) is 5.91 Å². The number of aromatic nitrogens is 1. The highest BCUT2D eigenvalue weighted by atomic mass is 35.5. The van der Waals surface area contributed by atoms with Crippen LogP contribution in [0, 0.1) is 11.3 Å². The molecule has 0 aliphatic heterocycles. The molecular formula is C15H16ClF3N4O4S. The summed E-state index contributed by atoms with van der Waals surface area (Å²) in [6, 6.07) is 2.08. The summed E-state index contributed by atoms with van der Waals surface area (Å²) in [6.07, 6.45) is 2.20. The standard InChI is InChI=1S/C15H16ClF3N4O4S/c1-9(22-28(25,26)15(17,18)19)7-27-10-5-11(12(16)21-6-10)13(24)23(2)14(8-20)3-4-14/h5-6,9,22H,3-4,7H2,1-2H3/t9-/m0/s1. The number of sulfonamides is 1. The minimum Gasteiger partial charge on any atom is -0.490 e. The number of carbonyl (C=O) groups excluding carboxylic acids is 1. The second kappa shape index (κ2) is 7.73. The minimum absolute atomic E-state index is 0.000936. The Morgan fingerprint density at radius 1 is 1.54 bits per heavy atom. The second-order valence-corrected chi connectivity index (χ2v) is 8.36. The first-order valence-electron chi connectivity index (χ1n) is 7.89. The number of amides is 1. The van der Waals surface area contributed by atoms with Gasteiger partial charge >= 0.3 is 15.5 Å². The van der Waals surface area contributed by atoms with E-state index >= 15 is 0 Å². The predicted molar refractivity (Wildman–Crippen MR) is 92.0 cm³/mol. The molecule has 0 spiro atoms. The van der Waals surface area contributed by atoms with E-state index in [9.17, 15) is 31.6 Å². The minimum atomic E-state index is -5.51. The number of hydrogen-bond acceptors (Lipinski definition) is 6. The van der Waals surface area contributed by atoms with Gasteiger partial charge in [0.15, 0.2) is 0 Å². The van der Waals surface area contributed by atoms with Gasteiger partial charge in [-0.15, -0.1) is 0 Å². The van der Waals surface area contributed by atoms with E-state index in [-0.39, 0.29) is 16.5 Å². The molecule has 1 N–H and O–H groups in total. The van der Waals surface area contributed by atoms with Crippen LogP contribution in [0.25, 0.3) is 0 Å². The third-order valence-corrected chi connectivity index (χ3v) is 5.71. The number of alkyl halides is 3. The number of halogens is 4. The van der Waals surface area contributed by atoms with E-state index < -0.39 is 39.6 Å². The Morgan fingerprint density at radius 2 is 2.14 bits per heavy atom. The Hall–Kier alpha value is -2.10. The van der Waals surface area contributed by atoms with Crippen molar-refractivity contribution >= 4 is 27.5 Å². The molecule has 1 fully saturated rings. The van der Waals surface area contributed by atoms with Gasteiger partial charge in [0, 0.05) is 7.05 Å². The number of hydrogen-bond donors (Lipinski definition) is 1. The van der Waals surface area contributed by atoms with E-state index in [2.05, 4.69) is 11.1 Å². The first-order valence-corrected chi connectivity index (χ1v) is 9.75. The summed E-state index contributed by atoms with van der Waals surface area (Å²) < 4.78 is 65.9. The Balaban J connectivity index is 2.07. The summed E-state index contributed by atoms with van der Waals surface area (Å²) in [6.45, 7) is 0.723. The van der Waals surface area contributed by atoms with E-state index in [4.69, 9.17) is 16.3 Å². The summed E-state index contributed by atoms with van der Waals surface area (Å²) in [4.78, 5) is 17.6. The Morgan fingerprint density at radius 3 is 2.64 bits per heavy atom. The zero-order valence-electron chi connectivity index (χ0n) is 14.7. The first kappa shape index (κ1) is 22.2. The number of nitrogens with one attached hydrogen (secondary N) is 1. The quantitative estimate of drug-likeness (QED) is 0.649. The number of nitrogens with zero attached hydrogens (tertiary/aromatic N) is 3. The van der Waals surface area contributed by atoms with Crippen LogP contribution >= 0.6 is 11.6 Å². The van der Waals surface area contributed by atoms with Gasteiger partial charge in [-0.1, -0.05) is 11.6 Å². The van der Waals surface area contributed by atoms with Crippen molar-refractivity contribution in [3.05, 3.63) is 23.0 Å². The molecule has 1 atom stereocenters. The highest BCUT2D eigenvalue weighted by molar-refractivity contribution is 7.90. The van der Waals surface area contributed by atoms with Crippen LogP contribution < -0.4 is 9.46 Å². The summed E-state index contributed by atoms with van der Waals surface area (Å²) in [7, 11) is -4.06. The van der Waals surface area contributed by atoms with Gasteiger partial charge in [0.2, 0.25) is 0 Å². The zero-order chi connectivity index (χ0) is 21.3. The molecule has 1 aromatic rings. The Labute approximate surface area is 164 Å². The smallest absolute Gasteiger partial charge is 0.490 e. The van der Waals surface area contributed by atoms with Crippen LogP contribution in [0.2, 0.25) is 5.15 Å². The number of rotatable bonds is 7. The zero-order valence-corrected chi connectivity index (χ0v) is 16.3. The van der Waals surface area contributed by atoms with Gasteiger partial charge in [0.05, 0.1) is 23.9 Å². The molecule has 1 amide bonds. The fourth-order valence-corrected chi connectivity index (χ4v) is 3.18. The first-order chi connectivity index (χ1) is 12.8. The van der Waals surface area contributed by atoms with Gasteiger partial charge in [-0.3, -0.25) is 4.79 Å². The molecule has 28 heavy (non-hydrogen) atoms. The van der Waals surface area contributed by atoms with Crippen LogP contribution in [0.4, 0.5) is 13.2 Å². The monoisotopic (exact) mass is 440 g/mol. The molecule has 0 aromatic carbocycles. The molecule has 0 unspecified atom stereocenters. The molecule has 1 heterocycles. The number of pyridine rings is 1. The predicted octanol–water partition coefficient (Wildman–Crippen LogP) is 2.07. The Bertz CT molecular complexity index is 913. The van der Waals surface area contributed by atoms with Gasteiger partial charge in [-0.25, -0.2) is 18.1 Å².